The molecule has 0 spiro atoms. The fraction of sp³-hybridized carbons (Fsp3) is 0.360. The average molecular weight is 404 g/mol. The van der Waals surface area contributed by atoms with Crippen molar-refractivity contribution >= 4 is 23.6 Å². The number of piperazine rings is 1. The first-order chi connectivity index (χ1) is 14.6. The molecule has 2 aliphatic rings. The third-order valence-electron chi connectivity index (χ3n) is 5.96. The van der Waals surface area contributed by atoms with Crippen LogP contribution in [0.4, 0.5) is 5.69 Å². The second-order valence-electron chi connectivity index (χ2n) is 8.30. The molecule has 4 rings (SSSR count). The molecule has 5 nitrogen and oxygen atoms in total. The molecule has 2 aromatic carbocycles. The van der Waals surface area contributed by atoms with Crippen molar-refractivity contribution < 1.29 is 9.59 Å². The van der Waals surface area contributed by atoms with Gasteiger partial charge in [0.15, 0.2) is 0 Å². The molecule has 0 aromatic heterocycles. The van der Waals surface area contributed by atoms with Gasteiger partial charge >= 0.3 is 0 Å². The molecule has 2 aromatic rings. The number of anilines is 1. The highest BCUT2D eigenvalue weighted by molar-refractivity contribution is 5.98. The van der Waals surface area contributed by atoms with E-state index in [9.17, 15) is 9.59 Å². The Labute approximate surface area is 178 Å². The number of amides is 2. The number of carbonyl (C=O) groups excluding carboxylic acids is 2. The van der Waals surface area contributed by atoms with Crippen LogP contribution in [0.5, 0.6) is 0 Å². The SMILES string of the molecule is CC1CC1C(=O)Nc1cccc(C(=O)N2CCN(C/C=C/c3ccccc3)CC2)c1. The summed E-state index contributed by atoms with van der Waals surface area (Å²) in [5, 5.41) is 2.95. The Hall–Kier alpha value is -2.92. The van der Waals surface area contributed by atoms with E-state index >= 15 is 0 Å². The highest BCUT2D eigenvalue weighted by Gasteiger charge is 2.39. The van der Waals surface area contributed by atoms with Crippen LogP contribution in [-0.4, -0.2) is 54.3 Å². The zero-order valence-electron chi connectivity index (χ0n) is 17.5. The first-order valence-electron chi connectivity index (χ1n) is 10.7. The molecule has 2 fully saturated rings. The van der Waals surface area contributed by atoms with Crippen molar-refractivity contribution in [3.8, 4) is 0 Å². The number of carbonyl (C=O) groups is 2. The van der Waals surface area contributed by atoms with E-state index in [-0.39, 0.29) is 17.7 Å². The van der Waals surface area contributed by atoms with E-state index in [1.165, 1.54) is 5.56 Å². The minimum absolute atomic E-state index is 0.0327. The van der Waals surface area contributed by atoms with Gasteiger partial charge in [-0.3, -0.25) is 14.5 Å². The van der Waals surface area contributed by atoms with Crippen LogP contribution in [0.3, 0.4) is 0 Å². The summed E-state index contributed by atoms with van der Waals surface area (Å²) in [5.41, 5.74) is 2.54. The standard InChI is InChI=1S/C25H29N3O2/c1-19-17-23(19)24(29)26-22-11-5-10-21(18-22)25(30)28-15-13-27(14-16-28)12-6-9-20-7-3-2-4-8-20/h2-11,18-19,23H,12-17H2,1H3,(H,26,29)/b9-6+. The van der Waals surface area contributed by atoms with Crippen molar-refractivity contribution in [2.75, 3.05) is 38.0 Å². The predicted molar refractivity (Wildman–Crippen MR) is 120 cm³/mol. The van der Waals surface area contributed by atoms with Gasteiger partial charge in [-0.15, -0.1) is 0 Å². The highest BCUT2D eigenvalue weighted by Crippen LogP contribution is 2.38. The van der Waals surface area contributed by atoms with Crippen LogP contribution in [0.1, 0.15) is 29.3 Å². The Morgan fingerprint density at radius 1 is 1.03 bits per heavy atom. The molecule has 2 atom stereocenters. The predicted octanol–water partition coefficient (Wildman–Crippen LogP) is 3.75. The third-order valence-corrected chi connectivity index (χ3v) is 5.96. The van der Waals surface area contributed by atoms with Gasteiger partial charge in [0.05, 0.1) is 0 Å². The van der Waals surface area contributed by atoms with Gasteiger partial charge in [-0.05, 0) is 36.1 Å². The average Bonchev–Trinajstić information content (AvgIpc) is 3.51. The fourth-order valence-electron chi connectivity index (χ4n) is 3.87. The molecule has 1 saturated heterocycles. The first kappa shape index (κ1) is 20.4. The molecule has 0 bridgehead atoms. The lowest BCUT2D eigenvalue weighted by Crippen LogP contribution is -2.48. The lowest BCUT2D eigenvalue weighted by Gasteiger charge is -2.34. The maximum atomic E-state index is 12.9. The van der Waals surface area contributed by atoms with Gasteiger partial charge in [-0.25, -0.2) is 0 Å². The van der Waals surface area contributed by atoms with Crippen molar-refractivity contribution in [3.63, 3.8) is 0 Å². The van der Waals surface area contributed by atoms with Gasteiger partial charge in [0.1, 0.15) is 0 Å². The molecule has 156 valence electrons. The zero-order valence-corrected chi connectivity index (χ0v) is 17.5. The van der Waals surface area contributed by atoms with Crippen molar-refractivity contribution in [1.29, 1.82) is 0 Å². The quantitative estimate of drug-likeness (QED) is 0.799. The summed E-state index contributed by atoms with van der Waals surface area (Å²) < 4.78 is 0. The molecule has 5 heteroatoms. The molecule has 1 heterocycles. The minimum atomic E-state index is 0.0327. The third kappa shape index (κ3) is 5.16. The van der Waals surface area contributed by atoms with E-state index in [4.69, 9.17) is 0 Å². The normalized spacial score (nSPS) is 21.6. The molecule has 0 radical (unpaired) electrons. The molecule has 30 heavy (non-hydrogen) atoms. The Balaban J connectivity index is 1.27. The summed E-state index contributed by atoms with van der Waals surface area (Å²) in [4.78, 5) is 29.3. The summed E-state index contributed by atoms with van der Waals surface area (Å²) in [6.45, 7) is 6.13. The summed E-state index contributed by atoms with van der Waals surface area (Å²) in [6, 6.07) is 17.6. The Morgan fingerprint density at radius 2 is 1.77 bits per heavy atom. The van der Waals surface area contributed by atoms with Crippen LogP contribution in [0.2, 0.25) is 0 Å². The Bertz CT molecular complexity index is 917. The number of hydrogen-bond acceptors (Lipinski definition) is 3. The van der Waals surface area contributed by atoms with Crippen molar-refractivity contribution in [2.24, 2.45) is 11.8 Å². The number of rotatable bonds is 6. The molecule has 1 saturated carbocycles. The van der Waals surface area contributed by atoms with E-state index in [1.807, 2.05) is 41.3 Å². The topological polar surface area (TPSA) is 52.7 Å². The molecule has 2 amide bonds. The van der Waals surface area contributed by atoms with E-state index in [0.717, 1.165) is 26.1 Å². The van der Waals surface area contributed by atoms with E-state index < -0.39 is 0 Å². The first-order valence-corrected chi connectivity index (χ1v) is 10.7. The number of nitrogens with one attached hydrogen (secondary N) is 1. The minimum Gasteiger partial charge on any atom is -0.336 e. The van der Waals surface area contributed by atoms with Crippen LogP contribution < -0.4 is 5.32 Å². The number of nitrogens with zero attached hydrogens (tertiary/aromatic N) is 2. The molecular weight excluding hydrogens is 374 g/mol. The highest BCUT2D eigenvalue weighted by atomic mass is 16.2. The van der Waals surface area contributed by atoms with E-state index in [2.05, 4.69) is 41.4 Å². The maximum absolute atomic E-state index is 12.9. The van der Waals surface area contributed by atoms with Gasteiger partial charge < -0.3 is 10.2 Å². The van der Waals surface area contributed by atoms with Gasteiger partial charge in [-0.1, -0.05) is 55.5 Å². The molecule has 2 unspecified atom stereocenters. The van der Waals surface area contributed by atoms with Gasteiger partial charge in [0.2, 0.25) is 5.91 Å². The Kier molecular flexibility index (Phi) is 6.29. The second-order valence-corrected chi connectivity index (χ2v) is 8.30. The lowest BCUT2D eigenvalue weighted by atomic mass is 10.1. The summed E-state index contributed by atoms with van der Waals surface area (Å²) in [6.07, 6.45) is 5.27. The summed E-state index contributed by atoms with van der Waals surface area (Å²) in [5.74, 6) is 0.677. The van der Waals surface area contributed by atoms with Gasteiger partial charge in [0, 0.05) is 49.9 Å². The van der Waals surface area contributed by atoms with Crippen LogP contribution in [0, 0.1) is 11.8 Å². The largest absolute Gasteiger partial charge is 0.336 e. The molecular formula is C25H29N3O2. The van der Waals surface area contributed by atoms with E-state index in [1.54, 1.807) is 6.07 Å². The molecule has 1 N–H and O–H groups in total. The Morgan fingerprint density at radius 3 is 2.47 bits per heavy atom. The molecule has 1 aliphatic carbocycles. The monoisotopic (exact) mass is 403 g/mol. The van der Waals surface area contributed by atoms with Crippen molar-refractivity contribution in [1.82, 2.24) is 9.80 Å². The van der Waals surface area contributed by atoms with Crippen molar-refractivity contribution in [2.45, 2.75) is 13.3 Å². The maximum Gasteiger partial charge on any atom is 0.254 e. The smallest absolute Gasteiger partial charge is 0.254 e. The van der Waals surface area contributed by atoms with Crippen molar-refractivity contribution in [3.05, 3.63) is 71.8 Å². The van der Waals surface area contributed by atoms with Crippen LogP contribution in [0.25, 0.3) is 6.08 Å². The summed E-state index contributed by atoms with van der Waals surface area (Å²) >= 11 is 0. The van der Waals surface area contributed by atoms with Crippen LogP contribution >= 0.6 is 0 Å². The summed E-state index contributed by atoms with van der Waals surface area (Å²) in [7, 11) is 0. The van der Waals surface area contributed by atoms with E-state index in [0.29, 0.717) is 30.3 Å². The fourth-order valence-corrected chi connectivity index (χ4v) is 3.87. The second kappa shape index (κ2) is 9.26. The van der Waals surface area contributed by atoms with Crippen LogP contribution in [-0.2, 0) is 4.79 Å². The lowest BCUT2D eigenvalue weighted by molar-refractivity contribution is -0.117. The molecule has 1 aliphatic heterocycles. The van der Waals surface area contributed by atoms with Crippen LogP contribution in [0.15, 0.2) is 60.7 Å². The number of benzene rings is 2. The van der Waals surface area contributed by atoms with Gasteiger partial charge in [-0.2, -0.15) is 0 Å². The number of hydrogen-bond donors (Lipinski definition) is 1. The zero-order chi connectivity index (χ0) is 20.9. The van der Waals surface area contributed by atoms with Gasteiger partial charge in [0.25, 0.3) is 5.91 Å².